The van der Waals surface area contributed by atoms with E-state index in [1.54, 1.807) is 0 Å². The van der Waals surface area contributed by atoms with Gasteiger partial charge in [0.15, 0.2) is 0 Å². The molecule has 0 unspecified atom stereocenters. The second kappa shape index (κ2) is 3.43. The molecule has 1 fully saturated rings. The fraction of sp³-hybridized carbons (Fsp3) is 0. The predicted octanol–water partition coefficient (Wildman–Crippen LogP) is 2.06. The highest BCUT2D eigenvalue weighted by Crippen LogP contribution is 2.41. The van der Waals surface area contributed by atoms with Crippen molar-refractivity contribution in [3.05, 3.63) is 0 Å². The third-order valence-corrected chi connectivity index (χ3v) is 3.93. The van der Waals surface area contributed by atoms with Crippen LogP contribution in [0.3, 0.4) is 0 Å². The molecule has 0 nitrogen and oxygen atoms in total. The summed E-state index contributed by atoms with van der Waals surface area (Å²) in [6.07, 6.45) is 0. The van der Waals surface area contributed by atoms with Crippen molar-refractivity contribution < 1.29 is 12.9 Å². The standard InChI is InChI=1S/B3F3S3/c4-1-7-2(5)9-3(6)8-1. The summed E-state index contributed by atoms with van der Waals surface area (Å²) in [5.41, 5.74) is -4.34. The molecule has 0 aromatic carbocycles. The Morgan fingerprint density at radius 2 is 0.889 bits per heavy atom. The van der Waals surface area contributed by atoms with Crippen LogP contribution in [0.1, 0.15) is 0 Å². The van der Waals surface area contributed by atoms with Crippen molar-refractivity contribution in [3.63, 3.8) is 0 Å². The molecule has 0 spiro atoms. The van der Waals surface area contributed by atoms with Crippen molar-refractivity contribution in [3.8, 4) is 0 Å². The average Bonchev–Trinajstić information content (AvgIpc) is 1.59. The van der Waals surface area contributed by atoms with Gasteiger partial charge in [0, 0.05) is 0 Å². The van der Waals surface area contributed by atoms with Gasteiger partial charge in [-0.2, -0.15) is 34.4 Å². The molecule has 0 aliphatic carbocycles. The van der Waals surface area contributed by atoms with E-state index in [0.29, 0.717) is 34.4 Å². The molecule has 1 aliphatic rings. The normalized spacial score (nSPS) is 21.0. The maximum atomic E-state index is 12.1. The molecule has 0 aromatic heterocycles. The van der Waals surface area contributed by atoms with Gasteiger partial charge in [0.05, 0.1) is 0 Å². The number of halogens is 3. The van der Waals surface area contributed by atoms with Gasteiger partial charge in [0.25, 0.3) is 0 Å². The lowest BCUT2D eigenvalue weighted by atomic mass is 10.5. The fourth-order valence-corrected chi connectivity index (χ4v) is 4.01. The van der Waals surface area contributed by atoms with E-state index in [1.807, 2.05) is 0 Å². The van der Waals surface area contributed by atoms with Crippen LogP contribution in [-0.4, -0.2) is 16.6 Å². The molecule has 9 heteroatoms. The van der Waals surface area contributed by atoms with Crippen LogP contribution in [0.2, 0.25) is 0 Å². The molecule has 1 saturated heterocycles. The quantitative estimate of drug-likeness (QED) is 0.531. The van der Waals surface area contributed by atoms with Crippen LogP contribution in [0.4, 0.5) is 12.9 Å². The SMILES string of the molecule is FB1SB(F)SB(F)S1. The fourth-order valence-electron chi connectivity index (χ4n) is 0.349. The first-order valence-electron chi connectivity index (χ1n) is 2.07. The van der Waals surface area contributed by atoms with Gasteiger partial charge >= 0.3 is 16.6 Å². The summed E-state index contributed by atoms with van der Waals surface area (Å²) in [7, 11) is 0. The largest absolute Gasteiger partial charge is 0.463 e. The highest BCUT2D eigenvalue weighted by atomic mass is 32.3. The van der Waals surface area contributed by atoms with Crippen LogP contribution >= 0.6 is 34.4 Å². The lowest BCUT2D eigenvalue weighted by Gasteiger charge is -2.12. The van der Waals surface area contributed by atoms with Crippen LogP contribution in [0.5, 0.6) is 0 Å². The molecular weight excluding hydrogens is 186 g/mol. The zero-order chi connectivity index (χ0) is 6.85. The Morgan fingerprint density at radius 3 is 1.11 bits per heavy atom. The maximum absolute atomic E-state index is 12.1. The highest BCUT2D eigenvalue weighted by Gasteiger charge is 2.40. The summed E-state index contributed by atoms with van der Waals surface area (Å²) in [4.78, 5) is 0. The third kappa shape index (κ3) is 2.63. The van der Waals surface area contributed by atoms with E-state index in [9.17, 15) is 12.9 Å². The van der Waals surface area contributed by atoms with Crippen molar-refractivity contribution in [2.75, 3.05) is 0 Å². The second-order valence-electron chi connectivity index (χ2n) is 1.23. The van der Waals surface area contributed by atoms with Gasteiger partial charge in [-0.05, 0) is 0 Å². The third-order valence-electron chi connectivity index (χ3n) is 0.642. The first-order valence-corrected chi connectivity index (χ1v) is 4.90. The minimum Gasteiger partial charge on any atom is -0.305 e. The average molecular weight is 186 g/mol. The smallest absolute Gasteiger partial charge is 0.305 e. The van der Waals surface area contributed by atoms with Gasteiger partial charge in [-0.25, -0.2) is 0 Å². The summed E-state index contributed by atoms with van der Waals surface area (Å²) in [5.74, 6) is 0. The van der Waals surface area contributed by atoms with Gasteiger partial charge in [0.2, 0.25) is 0 Å². The lowest BCUT2D eigenvalue weighted by molar-refractivity contribution is 0.876. The van der Waals surface area contributed by atoms with Gasteiger partial charge in [-0.1, -0.05) is 0 Å². The molecule has 0 N–H and O–H groups in total. The van der Waals surface area contributed by atoms with Gasteiger partial charge in [-0.3, -0.25) is 0 Å². The molecule has 0 radical (unpaired) electrons. The van der Waals surface area contributed by atoms with Crippen molar-refractivity contribution in [1.82, 2.24) is 0 Å². The summed E-state index contributed by atoms with van der Waals surface area (Å²) in [6, 6.07) is 0. The molecule has 1 rings (SSSR count). The van der Waals surface area contributed by atoms with Crippen molar-refractivity contribution in [2.45, 2.75) is 0 Å². The van der Waals surface area contributed by atoms with E-state index < -0.39 is 16.6 Å². The highest BCUT2D eigenvalue weighted by molar-refractivity contribution is 8.91. The summed E-state index contributed by atoms with van der Waals surface area (Å²) in [6.45, 7) is 0. The van der Waals surface area contributed by atoms with E-state index in [1.165, 1.54) is 0 Å². The number of hydrogen-bond acceptors (Lipinski definition) is 3. The Balaban J connectivity index is 2.34. The van der Waals surface area contributed by atoms with E-state index >= 15 is 0 Å². The van der Waals surface area contributed by atoms with Crippen LogP contribution in [0.15, 0.2) is 0 Å². The van der Waals surface area contributed by atoms with E-state index in [4.69, 9.17) is 0 Å². The van der Waals surface area contributed by atoms with Gasteiger partial charge in [-0.15, -0.1) is 0 Å². The van der Waals surface area contributed by atoms with Crippen LogP contribution in [0.25, 0.3) is 0 Å². The van der Waals surface area contributed by atoms with E-state index in [-0.39, 0.29) is 0 Å². The summed E-state index contributed by atoms with van der Waals surface area (Å²) >= 11 is 1.49. The van der Waals surface area contributed by atoms with E-state index in [0.717, 1.165) is 0 Å². The number of rotatable bonds is 0. The van der Waals surface area contributed by atoms with Crippen LogP contribution in [-0.2, 0) is 0 Å². The lowest BCUT2D eigenvalue weighted by Crippen LogP contribution is -2.18. The van der Waals surface area contributed by atoms with Crippen molar-refractivity contribution in [2.24, 2.45) is 0 Å². The Hall–Kier alpha value is 1.03. The molecule has 0 saturated carbocycles. The summed E-state index contributed by atoms with van der Waals surface area (Å²) in [5, 5.41) is 0. The van der Waals surface area contributed by atoms with Crippen molar-refractivity contribution in [1.29, 1.82) is 0 Å². The second-order valence-corrected chi connectivity index (χ2v) is 5.43. The van der Waals surface area contributed by atoms with Gasteiger partial charge < -0.3 is 12.9 Å². The molecular formula is B3F3S3. The first kappa shape index (κ1) is 8.13. The summed E-state index contributed by atoms with van der Waals surface area (Å²) < 4.78 is 36.4. The Bertz CT molecular complexity index is 75.3. The Morgan fingerprint density at radius 1 is 0.667 bits per heavy atom. The number of hydrogen-bond donors (Lipinski definition) is 0. The molecule has 0 aromatic rings. The molecule has 0 atom stereocenters. The Labute approximate surface area is 64.2 Å². The zero-order valence-electron chi connectivity index (χ0n) is 4.09. The zero-order valence-corrected chi connectivity index (χ0v) is 6.54. The Kier molecular flexibility index (Phi) is 3.10. The molecule has 1 aliphatic heterocycles. The molecule has 0 bridgehead atoms. The molecule has 9 heavy (non-hydrogen) atoms. The van der Waals surface area contributed by atoms with Crippen LogP contribution < -0.4 is 0 Å². The topological polar surface area (TPSA) is 0 Å². The minimum atomic E-state index is -1.45. The maximum Gasteiger partial charge on any atom is 0.463 e. The molecule has 1 heterocycles. The minimum absolute atomic E-state index is 0.498. The molecule has 0 amide bonds. The van der Waals surface area contributed by atoms with Crippen molar-refractivity contribution >= 4 is 51.0 Å². The van der Waals surface area contributed by atoms with E-state index in [2.05, 4.69) is 0 Å². The van der Waals surface area contributed by atoms with Crippen LogP contribution in [0, 0.1) is 0 Å². The first-order chi connectivity index (χ1) is 4.18. The van der Waals surface area contributed by atoms with Gasteiger partial charge in [0.1, 0.15) is 0 Å². The monoisotopic (exact) mass is 186 g/mol. The predicted molar refractivity (Wildman–Crippen MR) is 43.4 cm³/mol. The molecule has 48 valence electrons.